The van der Waals surface area contributed by atoms with Crippen molar-refractivity contribution in [2.45, 2.75) is 57.6 Å². The van der Waals surface area contributed by atoms with Crippen LogP contribution in [-0.4, -0.2) is 25.4 Å². The molecule has 2 rings (SSSR count). The molecule has 1 heterocycles. The first kappa shape index (κ1) is 17.1. The van der Waals surface area contributed by atoms with Crippen molar-refractivity contribution in [2.75, 3.05) is 7.11 Å². The van der Waals surface area contributed by atoms with Gasteiger partial charge in [-0.05, 0) is 64.1 Å². The summed E-state index contributed by atoms with van der Waals surface area (Å²) in [5.41, 5.74) is 0.657. The molecule has 0 bridgehead atoms. The normalized spacial score (nSPS) is 20.7. The predicted molar refractivity (Wildman–Crippen MR) is 91.4 cm³/mol. The molecule has 0 aliphatic carbocycles. The van der Waals surface area contributed by atoms with Crippen LogP contribution >= 0.6 is 0 Å². The number of ether oxygens (including phenoxy) is 1. The summed E-state index contributed by atoms with van der Waals surface area (Å²) in [4.78, 5) is 0. The van der Waals surface area contributed by atoms with Crippen LogP contribution in [0.4, 0.5) is 0 Å². The molecular weight excluding hydrogens is 275 g/mol. The van der Waals surface area contributed by atoms with Crippen LogP contribution in [0.2, 0.25) is 6.32 Å². The van der Waals surface area contributed by atoms with Crippen molar-refractivity contribution in [3.05, 3.63) is 42.5 Å². The Morgan fingerprint density at radius 3 is 2.41 bits per heavy atom. The lowest BCUT2D eigenvalue weighted by Crippen LogP contribution is -2.41. The SMILES string of the molecule is C=CC[C@H](CB1OC(C)(C)C(C)(C)O1)c1cccc(OC)c1. The molecule has 1 saturated heterocycles. The Bertz CT molecular complexity index is 509. The third kappa shape index (κ3) is 3.56. The van der Waals surface area contributed by atoms with Crippen LogP contribution in [-0.2, 0) is 9.31 Å². The van der Waals surface area contributed by atoms with Crippen molar-refractivity contribution in [1.29, 1.82) is 0 Å². The molecule has 0 spiro atoms. The topological polar surface area (TPSA) is 27.7 Å². The molecular formula is C18H27BO3. The first-order valence-electron chi connectivity index (χ1n) is 7.89. The molecule has 0 N–H and O–H groups in total. The highest BCUT2D eigenvalue weighted by molar-refractivity contribution is 6.45. The summed E-state index contributed by atoms with van der Waals surface area (Å²) in [6, 6.07) is 8.19. The molecule has 3 nitrogen and oxygen atoms in total. The lowest BCUT2D eigenvalue weighted by Gasteiger charge is -2.32. The Morgan fingerprint density at radius 1 is 1.23 bits per heavy atom. The van der Waals surface area contributed by atoms with Crippen LogP contribution in [0.1, 0.15) is 45.6 Å². The number of benzene rings is 1. The van der Waals surface area contributed by atoms with Gasteiger partial charge >= 0.3 is 7.12 Å². The fourth-order valence-electron chi connectivity index (χ4n) is 2.76. The molecule has 0 saturated carbocycles. The van der Waals surface area contributed by atoms with E-state index < -0.39 is 0 Å². The minimum absolute atomic E-state index is 0.193. The minimum Gasteiger partial charge on any atom is -0.497 e. The average Bonchev–Trinajstić information content (AvgIpc) is 2.66. The molecule has 4 heteroatoms. The first-order valence-corrected chi connectivity index (χ1v) is 7.89. The van der Waals surface area contributed by atoms with Gasteiger partial charge in [-0.1, -0.05) is 18.2 Å². The predicted octanol–water partition coefficient (Wildman–Crippen LogP) is 4.45. The number of hydrogen-bond donors (Lipinski definition) is 0. The number of hydrogen-bond acceptors (Lipinski definition) is 3. The van der Waals surface area contributed by atoms with E-state index in [1.807, 2.05) is 18.2 Å². The van der Waals surface area contributed by atoms with Gasteiger partial charge in [0, 0.05) is 0 Å². The van der Waals surface area contributed by atoms with Crippen LogP contribution in [0.15, 0.2) is 36.9 Å². The van der Waals surface area contributed by atoms with E-state index in [1.165, 1.54) is 5.56 Å². The molecule has 0 radical (unpaired) electrons. The van der Waals surface area contributed by atoms with Crippen LogP contribution in [0.25, 0.3) is 0 Å². The Balaban J connectivity index is 2.14. The van der Waals surface area contributed by atoms with Crippen LogP contribution in [0, 0.1) is 0 Å². The van der Waals surface area contributed by atoms with E-state index in [9.17, 15) is 0 Å². The molecule has 1 aliphatic rings. The molecule has 1 aliphatic heterocycles. The number of rotatable bonds is 6. The van der Waals surface area contributed by atoms with Crippen molar-refractivity contribution in [1.82, 2.24) is 0 Å². The zero-order valence-electron chi connectivity index (χ0n) is 14.4. The zero-order valence-corrected chi connectivity index (χ0v) is 14.4. The van der Waals surface area contributed by atoms with E-state index in [2.05, 4.69) is 46.4 Å². The van der Waals surface area contributed by atoms with Gasteiger partial charge in [-0.25, -0.2) is 0 Å². The van der Waals surface area contributed by atoms with Gasteiger partial charge < -0.3 is 14.0 Å². The van der Waals surface area contributed by atoms with Crippen LogP contribution in [0.5, 0.6) is 5.75 Å². The smallest absolute Gasteiger partial charge is 0.458 e. The second-order valence-corrected chi connectivity index (χ2v) is 6.92. The minimum atomic E-state index is -0.287. The van der Waals surface area contributed by atoms with Crippen molar-refractivity contribution >= 4 is 7.12 Å². The van der Waals surface area contributed by atoms with Crippen molar-refractivity contribution < 1.29 is 14.0 Å². The second kappa shape index (κ2) is 6.47. The summed E-state index contributed by atoms with van der Waals surface area (Å²) in [6.07, 6.45) is 3.65. The van der Waals surface area contributed by atoms with Crippen LogP contribution < -0.4 is 4.74 Å². The molecule has 22 heavy (non-hydrogen) atoms. The summed E-state index contributed by atoms with van der Waals surface area (Å²) >= 11 is 0. The molecule has 0 unspecified atom stereocenters. The molecule has 1 atom stereocenters. The lowest BCUT2D eigenvalue weighted by atomic mass is 9.73. The molecule has 1 fully saturated rings. The molecule has 120 valence electrons. The van der Waals surface area contributed by atoms with E-state index in [0.717, 1.165) is 18.5 Å². The maximum atomic E-state index is 6.13. The van der Waals surface area contributed by atoms with Gasteiger partial charge in [-0.3, -0.25) is 0 Å². The molecule has 1 aromatic rings. The van der Waals surface area contributed by atoms with Crippen LogP contribution in [0.3, 0.4) is 0 Å². The lowest BCUT2D eigenvalue weighted by molar-refractivity contribution is 0.00578. The summed E-state index contributed by atoms with van der Waals surface area (Å²) in [5.74, 6) is 1.18. The number of allylic oxidation sites excluding steroid dienone is 1. The summed E-state index contributed by atoms with van der Waals surface area (Å²) in [5, 5.41) is 0. The quantitative estimate of drug-likeness (QED) is 0.574. The van der Waals surface area contributed by atoms with E-state index in [0.29, 0.717) is 5.92 Å². The van der Waals surface area contributed by atoms with Gasteiger partial charge in [0.1, 0.15) is 5.75 Å². The van der Waals surface area contributed by atoms with E-state index in [-0.39, 0.29) is 18.3 Å². The fourth-order valence-corrected chi connectivity index (χ4v) is 2.76. The van der Waals surface area contributed by atoms with Gasteiger partial charge in [0.15, 0.2) is 0 Å². The Hall–Kier alpha value is -1.26. The molecule has 0 aromatic heterocycles. The standard InChI is InChI=1S/C18H27BO3/c1-7-9-15(14-10-8-11-16(12-14)20-6)13-19-21-17(2,3)18(4,5)22-19/h7-8,10-12,15H,1,9,13H2,2-6H3/t15-/m1/s1. The summed E-state index contributed by atoms with van der Waals surface area (Å²) in [7, 11) is 1.50. The van der Waals surface area contributed by atoms with Gasteiger partial charge in [0.2, 0.25) is 0 Å². The van der Waals surface area contributed by atoms with E-state index in [1.54, 1.807) is 7.11 Å². The Kier molecular flexibility index (Phi) is 5.03. The largest absolute Gasteiger partial charge is 0.497 e. The van der Waals surface area contributed by atoms with E-state index >= 15 is 0 Å². The zero-order chi connectivity index (χ0) is 16.4. The number of methoxy groups -OCH3 is 1. The van der Waals surface area contributed by atoms with Gasteiger partial charge in [-0.2, -0.15) is 0 Å². The third-order valence-corrected chi connectivity index (χ3v) is 4.80. The van der Waals surface area contributed by atoms with Gasteiger partial charge in [-0.15, -0.1) is 6.58 Å². The Morgan fingerprint density at radius 2 is 1.86 bits per heavy atom. The van der Waals surface area contributed by atoms with Crippen molar-refractivity contribution in [3.63, 3.8) is 0 Å². The maximum absolute atomic E-state index is 6.13. The van der Waals surface area contributed by atoms with Gasteiger partial charge in [0.05, 0.1) is 18.3 Å². The highest BCUT2D eigenvalue weighted by atomic mass is 16.7. The maximum Gasteiger partial charge on any atom is 0.458 e. The Labute approximate surface area is 134 Å². The molecule has 0 amide bonds. The third-order valence-electron chi connectivity index (χ3n) is 4.80. The first-order chi connectivity index (χ1) is 10.3. The van der Waals surface area contributed by atoms with E-state index in [4.69, 9.17) is 14.0 Å². The second-order valence-electron chi connectivity index (χ2n) is 6.92. The monoisotopic (exact) mass is 302 g/mol. The highest BCUT2D eigenvalue weighted by Crippen LogP contribution is 2.40. The fraction of sp³-hybridized carbons (Fsp3) is 0.556. The van der Waals surface area contributed by atoms with Gasteiger partial charge in [0.25, 0.3) is 0 Å². The summed E-state index contributed by atoms with van der Waals surface area (Å²) < 4.78 is 17.6. The highest BCUT2D eigenvalue weighted by Gasteiger charge is 2.51. The molecule has 1 aromatic carbocycles. The van der Waals surface area contributed by atoms with Crippen molar-refractivity contribution in [3.8, 4) is 5.75 Å². The van der Waals surface area contributed by atoms with Crippen molar-refractivity contribution in [2.24, 2.45) is 0 Å². The summed E-state index contributed by atoms with van der Waals surface area (Å²) in [6.45, 7) is 12.2. The average molecular weight is 302 g/mol.